The van der Waals surface area contributed by atoms with E-state index in [1.165, 1.54) is 7.11 Å². The molecule has 0 bridgehead atoms. The van der Waals surface area contributed by atoms with Crippen molar-refractivity contribution in [2.75, 3.05) is 25.6 Å². The highest BCUT2D eigenvalue weighted by molar-refractivity contribution is 5.61. The Morgan fingerprint density at radius 2 is 2.15 bits per heavy atom. The van der Waals surface area contributed by atoms with Gasteiger partial charge in [0.2, 0.25) is 0 Å². The maximum atomic E-state index is 12.5. The van der Waals surface area contributed by atoms with Gasteiger partial charge in [0.1, 0.15) is 17.6 Å². The van der Waals surface area contributed by atoms with Crippen molar-refractivity contribution in [1.82, 2.24) is 4.98 Å². The van der Waals surface area contributed by atoms with Crippen molar-refractivity contribution in [3.8, 4) is 0 Å². The Kier molecular flexibility index (Phi) is 5.68. The fraction of sp³-hybridized carbons (Fsp3) is 0.545. The lowest BCUT2D eigenvalue weighted by atomic mass is 10.2. The van der Waals surface area contributed by atoms with Crippen molar-refractivity contribution >= 4 is 11.4 Å². The van der Waals surface area contributed by atoms with Gasteiger partial charge in [-0.05, 0) is 18.9 Å². The van der Waals surface area contributed by atoms with E-state index in [0.717, 1.165) is 0 Å². The summed E-state index contributed by atoms with van der Waals surface area (Å²) in [6.07, 6.45) is -2.70. The number of nitro groups is 1. The van der Waals surface area contributed by atoms with E-state index in [-0.39, 0.29) is 5.69 Å². The molecule has 1 rings (SSSR count). The average molecular weight is 293 g/mol. The first kappa shape index (κ1) is 16.2. The maximum absolute atomic E-state index is 12.5. The molecule has 6 nitrogen and oxygen atoms in total. The minimum absolute atomic E-state index is 0.185. The van der Waals surface area contributed by atoms with Crippen LogP contribution in [0.5, 0.6) is 0 Å². The summed E-state index contributed by atoms with van der Waals surface area (Å²) in [6, 6.07) is 0.647. The molecule has 0 aliphatic heterocycles. The van der Waals surface area contributed by atoms with Gasteiger partial charge in [-0.25, -0.2) is 4.98 Å². The molecular weight excluding hydrogens is 279 g/mol. The molecule has 0 spiro atoms. The third-order valence-electron chi connectivity index (χ3n) is 2.46. The third-order valence-corrected chi connectivity index (χ3v) is 2.46. The van der Waals surface area contributed by atoms with Crippen LogP contribution in [0.15, 0.2) is 12.3 Å². The number of anilines is 1. The SMILES string of the molecule is COCCCCNc1cc(C(F)(F)F)ncc1[N+](=O)[O-]. The highest BCUT2D eigenvalue weighted by Gasteiger charge is 2.34. The Morgan fingerprint density at radius 1 is 1.45 bits per heavy atom. The second-order valence-electron chi connectivity index (χ2n) is 3.97. The molecule has 1 aromatic heterocycles. The van der Waals surface area contributed by atoms with Crippen LogP contribution in [0, 0.1) is 10.1 Å². The summed E-state index contributed by atoms with van der Waals surface area (Å²) in [5.41, 5.74) is -1.83. The summed E-state index contributed by atoms with van der Waals surface area (Å²) in [6.45, 7) is 0.833. The van der Waals surface area contributed by atoms with E-state index in [4.69, 9.17) is 4.74 Å². The predicted octanol–water partition coefficient (Wildman–Crippen LogP) is 2.85. The Bertz CT molecular complexity index is 466. The molecule has 0 saturated heterocycles. The van der Waals surface area contributed by atoms with E-state index in [1.54, 1.807) is 0 Å². The standard InChI is InChI=1S/C11H14F3N3O3/c1-20-5-3-2-4-15-8-6-10(11(12,13)14)16-7-9(8)17(18)19/h6-7H,2-5H2,1H3,(H,15,16). The Hall–Kier alpha value is -1.90. The summed E-state index contributed by atoms with van der Waals surface area (Å²) in [4.78, 5) is 13.0. The van der Waals surface area contributed by atoms with Crippen LogP contribution < -0.4 is 5.32 Å². The van der Waals surface area contributed by atoms with Crippen LogP contribution in [0.1, 0.15) is 18.5 Å². The summed E-state index contributed by atoms with van der Waals surface area (Å²) in [5.74, 6) is 0. The summed E-state index contributed by atoms with van der Waals surface area (Å²) >= 11 is 0. The van der Waals surface area contributed by atoms with E-state index in [0.29, 0.717) is 38.3 Å². The molecule has 1 aromatic rings. The van der Waals surface area contributed by atoms with Gasteiger partial charge in [0.15, 0.2) is 0 Å². The number of nitrogens with zero attached hydrogens (tertiary/aromatic N) is 2. The molecule has 1 N–H and O–H groups in total. The maximum Gasteiger partial charge on any atom is 0.433 e. The van der Waals surface area contributed by atoms with Crippen LogP contribution >= 0.6 is 0 Å². The molecule has 0 atom stereocenters. The third kappa shape index (κ3) is 4.65. The lowest BCUT2D eigenvalue weighted by Crippen LogP contribution is -2.11. The van der Waals surface area contributed by atoms with Gasteiger partial charge in [-0.15, -0.1) is 0 Å². The Labute approximate surface area is 113 Å². The first-order chi connectivity index (χ1) is 9.36. The van der Waals surface area contributed by atoms with E-state index in [9.17, 15) is 23.3 Å². The second-order valence-corrected chi connectivity index (χ2v) is 3.97. The van der Waals surface area contributed by atoms with E-state index in [2.05, 4.69) is 10.3 Å². The number of alkyl halides is 3. The quantitative estimate of drug-likeness (QED) is 0.475. The van der Waals surface area contributed by atoms with Crippen LogP contribution in [-0.4, -0.2) is 30.2 Å². The highest BCUT2D eigenvalue weighted by Crippen LogP contribution is 2.32. The normalized spacial score (nSPS) is 11.4. The lowest BCUT2D eigenvalue weighted by Gasteiger charge is -2.10. The molecular formula is C11H14F3N3O3. The molecule has 20 heavy (non-hydrogen) atoms. The number of halogens is 3. The molecule has 0 aliphatic carbocycles. The molecule has 9 heteroatoms. The van der Waals surface area contributed by atoms with E-state index in [1.807, 2.05) is 0 Å². The Balaban J connectivity index is 2.81. The van der Waals surface area contributed by atoms with Crippen LogP contribution in [0.25, 0.3) is 0 Å². The minimum atomic E-state index is -4.64. The van der Waals surface area contributed by atoms with Crippen molar-refractivity contribution in [2.24, 2.45) is 0 Å². The highest BCUT2D eigenvalue weighted by atomic mass is 19.4. The topological polar surface area (TPSA) is 77.3 Å². The van der Waals surface area contributed by atoms with Crippen LogP contribution in [0.4, 0.5) is 24.5 Å². The summed E-state index contributed by atoms with van der Waals surface area (Å²) in [7, 11) is 1.54. The zero-order chi connectivity index (χ0) is 15.2. The lowest BCUT2D eigenvalue weighted by molar-refractivity contribution is -0.384. The number of methoxy groups -OCH3 is 1. The molecule has 1 heterocycles. The predicted molar refractivity (Wildman–Crippen MR) is 65.5 cm³/mol. The molecule has 0 aromatic carbocycles. The van der Waals surface area contributed by atoms with Crippen molar-refractivity contribution in [3.63, 3.8) is 0 Å². The second kappa shape index (κ2) is 7.04. The fourth-order valence-electron chi connectivity index (χ4n) is 1.48. The number of ether oxygens (including phenoxy) is 1. The van der Waals surface area contributed by atoms with Crippen LogP contribution in [0.2, 0.25) is 0 Å². The zero-order valence-corrected chi connectivity index (χ0v) is 10.7. The molecule has 112 valence electrons. The number of rotatable bonds is 7. The molecule has 0 radical (unpaired) electrons. The van der Waals surface area contributed by atoms with Crippen molar-refractivity contribution in [2.45, 2.75) is 19.0 Å². The first-order valence-electron chi connectivity index (χ1n) is 5.80. The van der Waals surface area contributed by atoms with Gasteiger partial charge in [-0.3, -0.25) is 10.1 Å². The van der Waals surface area contributed by atoms with Gasteiger partial charge in [0.05, 0.1) is 4.92 Å². The largest absolute Gasteiger partial charge is 0.433 e. The molecule has 0 saturated carbocycles. The molecule has 0 amide bonds. The number of nitrogens with one attached hydrogen (secondary N) is 1. The monoisotopic (exact) mass is 293 g/mol. The van der Waals surface area contributed by atoms with Gasteiger partial charge in [0.25, 0.3) is 0 Å². The summed E-state index contributed by atoms with van der Waals surface area (Å²) < 4.78 is 42.4. The van der Waals surface area contributed by atoms with Crippen molar-refractivity contribution in [3.05, 3.63) is 28.1 Å². The van der Waals surface area contributed by atoms with Gasteiger partial charge in [-0.2, -0.15) is 13.2 Å². The number of hydrogen-bond acceptors (Lipinski definition) is 5. The van der Waals surface area contributed by atoms with Crippen LogP contribution in [0.3, 0.4) is 0 Å². The average Bonchev–Trinajstić information content (AvgIpc) is 2.37. The molecule has 0 fully saturated rings. The summed E-state index contributed by atoms with van der Waals surface area (Å²) in [5, 5.41) is 13.4. The number of unbranched alkanes of at least 4 members (excludes halogenated alkanes) is 1. The number of pyridine rings is 1. The molecule has 0 unspecified atom stereocenters. The van der Waals surface area contributed by atoms with Crippen LogP contribution in [-0.2, 0) is 10.9 Å². The zero-order valence-electron chi connectivity index (χ0n) is 10.7. The van der Waals surface area contributed by atoms with Crippen molar-refractivity contribution in [1.29, 1.82) is 0 Å². The molecule has 0 aliphatic rings. The van der Waals surface area contributed by atoms with Crippen molar-refractivity contribution < 1.29 is 22.8 Å². The fourth-order valence-corrected chi connectivity index (χ4v) is 1.48. The van der Waals surface area contributed by atoms with Gasteiger partial charge < -0.3 is 10.1 Å². The first-order valence-corrected chi connectivity index (χ1v) is 5.80. The van der Waals surface area contributed by atoms with E-state index >= 15 is 0 Å². The van der Waals surface area contributed by atoms with E-state index < -0.39 is 22.5 Å². The number of aromatic nitrogens is 1. The smallest absolute Gasteiger partial charge is 0.385 e. The number of hydrogen-bond donors (Lipinski definition) is 1. The minimum Gasteiger partial charge on any atom is -0.385 e. The van der Waals surface area contributed by atoms with Gasteiger partial charge >= 0.3 is 11.9 Å². The van der Waals surface area contributed by atoms with Gasteiger partial charge in [0, 0.05) is 20.3 Å². The van der Waals surface area contributed by atoms with Gasteiger partial charge in [-0.1, -0.05) is 0 Å². The Morgan fingerprint density at radius 3 is 2.70 bits per heavy atom.